The summed E-state index contributed by atoms with van der Waals surface area (Å²) in [6.07, 6.45) is 5.40. The maximum atomic E-state index is 11.5. The minimum Gasteiger partial charge on any atom is -0.353 e. The average Bonchev–Trinajstić information content (AvgIpc) is 2.64. The van der Waals surface area contributed by atoms with Crippen LogP contribution in [-0.4, -0.2) is 31.0 Å². The Labute approximate surface area is 97.4 Å². The molecule has 1 aromatic rings. The minimum absolute atomic E-state index is 0.220. The monoisotopic (exact) mass is 244 g/mol. The summed E-state index contributed by atoms with van der Waals surface area (Å²) in [6.45, 7) is 3.04. The molecule has 0 atom stereocenters. The predicted octanol–water partition coefficient (Wildman–Crippen LogP) is 0.814. The van der Waals surface area contributed by atoms with Crippen molar-refractivity contribution in [2.24, 2.45) is 5.73 Å². The summed E-state index contributed by atoms with van der Waals surface area (Å²) >= 11 is 0. The van der Waals surface area contributed by atoms with Crippen molar-refractivity contribution in [1.29, 1.82) is 0 Å². The lowest BCUT2D eigenvalue weighted by atomic mass is 10.2. The van der Waals surface area contributed by atoms with Gasteiger partial charge in [-0.2, -0.15) is 0 Å². The second-order valence-corrected chi connectivity index (χ2v) is 6.25. The molecule has 0 bridgehead atoms. The van der Waals surface area contributed by atoms with Crippen LogP contribution in [0.25, 0.3) is 0 Å². The molecular weight excluding hydrogens is 224 g/mol. The maximum absolute atomic E-state index is 11.5. The van der Waals surface area contributed by atoms with E-state index in [0.29, 0.717) is 19.5 Å². The quantitative estimate of drug-likeness (QED) is 0.772. The van der Waals surface area contributed by atoms with Crippen molar-refractivity contribution in [2.45, 2.75) is 26.3 Å². The van der Waals surface area contributed by atoms with Gasteiger partial charge >= 0.3 is 0 Å². The second kappa shape index (κ2) is 6.06. The number of nitrogens with zero attached hydrogens (tertiary/aromatic N) is 1. The topological polar surface area (TPSA) is 65.1 Å². The smallest absolute Gasteiger partial charge is 0.152 e. The van der Waals surface area contributed by atoms with Crippen LogP contribution in [0.15, 0.2) is 18.5 Å². The number of aromatic nitrogens is 1. The summed E-state index contributed by atoms with van der Waals surface area (Å²) in [5.74, 6) is 0.501. The summed E-state index contributed by atoms with van der Waals surface area (Å²) < 4.78 is 24.9. The molecule has 0 unspecified atom stereocenters. The molecule has 1 rings (SSSR count). The summed E-state index contributed by atoms with van der Waals surface area (Å²) in [5.41, 5.74) is 6.61. The normalized spacial score (nSPS) is 11.9. The molecule has 0 aliphatic carbocycles. The molecule has 0 saturated heterocycles. The van der Waals surface area contributed by atoms with Crippen LogP contribution in [0, 0.1) is 0 Å². The summed E-state index contributed by atoms with van der Waals surface area (Å²) in [5, 5.41) is 0. The molecule has 1 aromatic heterocycles. The Morgan fingerprint density at radius 3 is 2.75 bits per heavy atom. The van der Waals surface area contributed by atoms with Crippen LogP contribution in [0.4, 0.5) is 0 Å². The molecule has 0 saturated carbocycles. The highest BCUT2D eigenvalue weighted by Crippen LogP contribution is 2.03. The van der Waals surface area contributed by atoms with Crippen molar-refractivity contribution in [3.05, 3.63) is 24.0 Å². The van der Waals surface area contributed by atoms with Gasteiger partial charge in [-0.05, 0) is 31.0 Å². The first-order chi connectivity index (χ1) is 7.57. The van der Waals surface area contributed by atoms with Gasteiger partial charge in [-0.15, -0.1) is 0 Å². The lowest BCUT2D eigenvalue weighted by Crippen LogP contribution is -2.15. The van der Waals surface area contributed by atoms with Gasteiger partial charge in [0.1, 0.15) is 0 Å². The second-order valence-electron chi connectivity index (χ2n) is 3.95. The van der Waals surface area contributed by atoms with Crippen molar-refractivity contribution < 1.29 is 8.42 Å². The van der Waals surface area contributed by atoms with E-state index in [2.05, 4.69) is 0 Å². The van der Waals surface area contributed by atoms with Gasteiger partial charge in [0.15, 0.2) is 9.84 Å². The number of hydrogen-bond acceptors (Lipinski definition) is 3. The van der Waals surface area contributed by atoms with E-state index in [9.17, 15) is 8.42 Å². The Kier molecular flexibility index (Phi) is 5.02. The van der Waals surface area contributed by atoms with Gasteiger partial charge < -0.3 is 10.3 Å². The van der Waals surface area contributed by atoms with E-state index in [1.165, 1.54) is 0 Å². The predicted molar refractivity (Wildman–Crippen MR) is 66.1 cm³/mol. The van der Waals surface area contributed by atoms with E-state index in [0.717, 1.165) is 12.0 Å². The lowest BCUT2D eigenvalue weighted by Gasteiger charge is -2.03. The Bertz CT molecular complexity index is 409. The van der Waals surface area contributed by atoms with E-state index in [4.69, 9.17) is 5.73 Å². The first-order valence-corrected chi connectivity index (χ1v) is 7.44. The highest BCUT2D eigenvalue weighted by molar-refractivity contribution is 7.91. The standard InChI is InChI=1S/C11H20N2O2S/c1-2-8-16(14,15)9-7-13-6-4-11(10-13)3-5-12/h4,6,10H,2-3,5,7-9,12H2,1H3. The van der Waals surface area contributed by atoms with E-state index in [1.807, 2.05) is 30.0 Å². The van der Waals surface area contributed by atoms with Crippen molar-refractivity contribution in [3.8, 4) is 0 Å². The molecule has 0 fully saturated rings. The Balaban J connectivity index is 2.48. The van der Waals surface area contributed by atoms with Crippen molar-refractivity contribution >= 4 is 9.84 Å². The van der Waals surface area contributed by atoms with Crippen LogP contribution in [0.2, 0.25) is 0 Å². The molecule has 0 radical (unpaired) electrons. The van der Waals surface area contributed by atoms with Crippen LogP contribution in [-0.2, 0) is 22.8 Å². The number of aryl methyl sites for hydroxylation is 1. The first kappa shape index (κ1) is 13.3. The van der Waals surface area contributed by atoms with Gasteiger partial charge in [0.2, 0.25) is 0 Å². The van der Waals surface area contributed by atoms with Gasteiger partial charge in [0.25, 0.3) is 0 Å². The van der Waals surface area contributed by atoms with Crippen LogP contribution in [0.1, 0.15) is 18.9 Å². The van der Waals surface area contributed by atoms with Crippen LogP contribution in [0.3, 0.4) is 0 Å². The lowest BCUT2D eigenvalue weighted by molar-refractivity contribution is 0.587. The zero-order valence-electron chi connectivity index (χ0n) is 9.72. The Morgan fingerprint density at radius 2 is 2.12 bits per heavy atom. The van der Waals surface area contributed by atoms with Crippen LogP contribution in [0.5, 0.6) is 0 Å². The molecule has 4 nitrogen and oxygen atoms in total. The Morgan fingerprint density at radius 1 is 1.38 bits per heavy atom. The first-order valence-electron chi connectivity index (χ1n) is 5.62. The highest BCUT2D eigenvalue weighted by atomic mass is 32.2. The molecule has 0 aromatic carbocycles. The van der Waals surface area contributed by atoms with Gasteiger partial charge in [-0.1, -0.05) is 6.92 Å². The van der Waals surface area contributed by atoms with Crippen LogP contribution < -0.4 is 5.73 Å². The molecule has 0 spiro atoms. The molecule has 0 aliphatic rings. The molecule has 92 valence electrons. The van der Waals surface area contributed by atoms with Gasteiger partial charge in [0, 0.05) is 24.7 Å². The third-order valence-corrected chi connectivity index (χ3v) is 4.26. The highest BCUT2D eigenvalue weighted by Gasteiger charge is 2.09. The summed E-state index contributed by atoms with van der Waals surface area (Å²) in [4.78, 5) is 0. The summed E-state index contributed by atoms with van der Waals surface area (Å²) in [7, 11) is -2.88. The van der Waals surface area contributed by atoms with E-state index in [1.54, 1.807) is 0 Å². The van der Waals surface area contributed by atoms with E-state index < -0.39 is 9.84 Å². The number of nitrogens with two attached hydrogens (primary N) is 1. The molecule has 1 heterocycles. The molecule has 2 N–H and O–H groups in total. The fourth-order valence-corrected chi connectivity index (χ4v) is 2.92. The number of hydrogen-bond donors (Lipinski definition) is 1. The molecule has 0 amide bonds. The minimum atomic E-state index is -2.88. The fraction of sp³-hybridized carbons (Fsp3) is 0.636. The van der Waals surface area contributed by atoms with E-state index >= 15 is 0 Å². The zero-order valence-corrected chi connectivity index (χ0v) is 10.5. The van der Waals surface area contributed by atoms with Crippen molar-refractivity contribution in [1.82, 2.24) is 4.57 Å². The average molecular weight is 244 g/mol. The van der Waals surface area contributed by atoms with Crippen molar-refractivity contribution in [3.63, 3.8) is 0 Å². The fourth-order valence-electron chi connectivity index (χ4n) is 1.60. The van der Waals surface area contributed by atoms with E-state index in [-0.39, 0.29) is 11.5 Å². The SMILES string of the molecule is CCCS(=O)(=O)CCn1ccc(CCN)c1. The van der Waals surface area contributed by atoms with Crippen LogP contribution >= 0.6 is 0 Å². The third-order valence-electron chi connectivity index (χ3n) is 2.42. The van der Waals surface area contributed by atoms with Gasteiger partial charge in [-0.3, -0.25) is 0 Å². The largest absolute Gasteiger partial charge is 0.353 e. The molecule has 0 aliphatic heterocycles. The molecular formula is C11H20N2O2S. The Hall–Kier alpha value is -0.810. The number of rotatable bonds is 7. The zero-order chi connectivity index (χ0) is 12.0. The van der Waals surface area contributed by atoms with Gasteiger partial charge in [0.05, 0.1) is 5.75 Å². The molecule has 5 heteroatoms. The number of sulfone groups is 1. The maximum Gasteiger partial charge on any atom is 0.152 e. The third kappa shape index (κ3) is 4.37. The van der Waals surface area contributed by atoms with Gasteiger partial charge in [-0.25, -0.2) is 8.42 Å². The molecule has 16 heavy (non-hydrogen) atoms. The summed E-state index contributed by atoms with van der Waals surface area (Å²) in [6, 6.07) is 1.99. The van der Waals surface area contributed by atoms with Crippen molar-refractivity contribution in [2.75, 3.05) is 18.1 Å².